The molecule has 18 heavy (non-hydrogen) atoms. The Bertz CT molecular complexity index is 428. The van der Waals surface area contributed by atoms with Crippen LogP contribution in [0.2, 0.25) is 0 Å². The Labute approximate surface area is 115 Å². The van der Waals surface area contributed by atoms with Crippen LogP contribution in [0.4, 0.5) is 0 Å². The summed E-state index contributed by atoms with van der Waals surface area (Å²) < 4.78 is 0. The molecule has 102 valence electrons. The van der Waals surface area contributed by atoms with E-state index in [1.807, 2.05) is 47.6 Å². The molecule has 0 spiro atoms. The number of nitrogens with two attached hydrogens (primary N) is 1. The zero-order valence-corrected chi connectivity index (χ0v) is 12.9. The molecule has 1 rings (SSSR count). The van der Waals surface area contributed by atoms with Crippen molar-refractivity contribution >= 4 is 17.5 Å². The first-order chi connectivity index (χ1) is 7.96. The van der Waals surface area contributed by atoms with Crippen molar-refractivity contribution < 1.29 is 4.79 Å². The number of hydrogen-bond acceptors (Lipinski definition) is 2. The molecule has 0 heterocycles. The fourth-order valence-corrected chi connectivity index (χ4v) is 2.66. The number of hydrazine groups is 1. The number of rotatable bonds is 1. The highest BCUT2D eigenvalue weighted by atomic mass is 35.5. The maximum absolute atomic E-state index is 12.4. The van der Waals surface area contributed by atoms with Gasteiger partial charge >= 0.3 is 0 Å². The molecule has 3 nitrogen and oxygen atoms in total. The Balaban J connectivity index is 3.12. The Morgan fingerprint density at radius 1 is 1.44 bits per heavy atom. The van der Waals surface area contributed by atoms with Gasteiger partial charge in [-0.15, -0.1) is 11.6 Å². The summed E-state index contributed by atoms with van der Waals surface area (Å²) in [6.45, 7) is 11.5. The van der Waals surface area contributed by atoms with Crippen molar-refractivity contribution in [1.29, 1.82) is 0 Å². The van der Waals surface area contributed by atoms with Crippen molar-refractivity contribution in [2.45, 2.75) is 58.4 Å². The van der Waals surface area contributed by atoms with Gasteiger partial charge in [0.15, 0.2) is 0 Å². The van der Waals surface area contributed by atoms with Crippen LogP contribution in [-0.4, -0.2) is 21.3 Å². The number of hydrogen-bond donors (Lipinski definition) is 1. The maximum atomic E-state index is 12.4. The highest BCUT2D eigenvalue weighted by molar-refractivity contribution is 6.25. The van der Waals surface area contributed by atoms with E-state index >= 15 is 0 Å². The number of nitrogens with zero attached hydrogens (tertiary/aromatic N) is 1. The standard InChI is InChI=1S/C14H23ClN2O/c1-9-7-14(6,15)8-10(2)11(9)12(18)17(16)13(3,4)5/h7H,8,16H2,1-6H3. The van der Waals surface area contributed by atoms with Crippen molar-refractivity contribution in [3.63, 3.8) is 0 Å². The van der Waals surface area contributed by atoms with Crippen LogP contribution in [0.15, 0.2) is 22.8 Å². The summed E-state index contributed by atoms with van der Waals surface area (Å²) in [4.78, 5) is 12.0. The number of allylic oxidation sites excluding steroid dienone is 2. The van der Waals surface area contributed by atoms with Gasteiger partial charge in [-0.05, 0) is 53.5 Å². The average molecular weight is 271 g/mol. The summed E-state index contributed by atoms with van der Waals surface area (Å²) in [6, 6.07) is 0. The van der Waals surface area contributed by atoms with Crippen molar-refractivity contribution in [3.8, 4) is 0 Å². The first-order valence-corrected chi connectivity index (χ1v) is 6.51. The summed E-state index contributed by atoms with van der Waals surface area (Å²) in [7, 11) is 0. The van der Waals surface area contributed by atoms with E-state index in [4.69, 9.17) is 17.4 Å². The molecule has 0 aromatic carbocycles. The third kappa shape index (κ3) is 3.15. The van der Waals surface area contributed by atoms with E-state index < -0.39 is 10.4 Å². The van der Waals surface area contributed by atoms with Gasteiger partial charge in [0.05, 0.1) is 10.4 Å². The molecular weight excluding hydrogens is 248 g/mol. The summed E-state index contributed by atoms with van der Waals surface area (Å²) in [6.07, 6.45) is 2.61. The van der Waals surface area contributed by atoms with Gasteiger partial charge in [-0.3, -0.25) is 9.80 Å². The fraction of sp³-hybridized carbons (Fsp3) is 0.643. The first-order valence-electron chi connectivity index (χ1n) is 6.13. The van der Waals surface area contributed by atoms with Crippen LogP contribution in [-0.2, 0) is 4.79 Å². The molecular formula is C14H23ClN2O. The second-order valence-electron chi connectivity index (χ2n) is 6.28. The predicted molar refractivity (Wildman–Crippen MR) is 76.1 cm³/mol. The van der Waals surface area contributed by atoms with E-state index in [1.165, 1.54) is 5.01 Å². The molecule has 0 aliphatic heterocycles. The van der Waals surface area contributed by atoms with Crippen molar-refractivity contribution in [2.75, 3.05) is 0 Å². The van der Waals surface area contributed by atoms with Crippen LogP contribution in [0.5, 0.6) is 0 Å². The predicted octanol–water partition coefficient (Wildman–Crippen LogP) is 3.15. The van der Waals surface area contributed by atoms with E-state index in [0.29, 0.717) is 12.0 Å². The number of alkyl halides is 1. The van der Waals surface area contributed by atoms with Gasteiger partial charge < -0.3 is 0 Å². The molecule has 4 heteroatoms. The molecule has 0 saturated heterocycles. The molecule has 2 N–H and O–H groups in total. The Hall–Kier alpha value is -0.800. The van der Waals surface area contributed by atoms with Crippen molar-refractivity contribution in [2.24, 2.45) is 5.84 Å². The minimum Gasteiger partial charge on any atom is -0.271 e. The van der Waals surface area contributed by atoms with Crippen LogP contribution in [0, 0.1) is 0 Å². The Morgan fingerprint density at radius 2 is 1.94 bits per heavy atom. The van der Waals surface area contributed by atoms with Gasteiger partial charge in [0.25, 0.3) is 5.91 Å². The van der Waals surface area contributed by atoms with Crippen LogP contribution >= 0.6 is 11.6 Å². The lowest BCUT2D eigenvalue weighted by molar-refractivity contribution is -0.131. The van der Waals surface area contributed by atoms with Crippen molar-refractivity contribution in [3.05, 3.63) is 22.8 Å². The van der Waals surface area contributed by atoms with Crippen LogP contribution < -0.4 is 5.84 Å². The molecule has 1 amide bonds. The van der Waals surface area contributed by atoms with Gasteiger partial charge in [0.2, 0.25) is 0 Å². The van der Waals surface area contributed by atoms with E-state index in [1.54, 1.807) is 0 Å². The normalized spacial score (nSPS) is 25.0. The van der Waals surface area contributed by atoms with Gasteiger partial charge in [0, 0.05) is 5.57 Å². The SMILES string of the molecule is CC1=CC(C)(Cl)CC(C)=C1C(=O)N(N)C(C)(C)C. The smallest absolute Gasteiger partial charge is 0.268 e. The molecule has 0 bridgehead atoms. The molecule has 1 atom stereocenters. The zero-order chi connectivity index (χ0) is 14.3. The molecule has 0 saturated carbocycles. The van der Waals surface area contributed by atoms with Gasteiger partial charge in [0.1, 0.15) is 0 Å². The average Bonchev–Trinajstić information content (AvgIpc) is 2.11. The number of amides is 1. The molecule has 0 aromatic heterocycles. The second-order valence-corrected chi connectivity index (χ2v) is 7.15. The summed E-state index contributed by atoms with van der Waals surface area (Å²) in [5, 5.41) is 1.29. The molecule has 0 fully saturated rings. The van der Waals surface area contributed by atoms with Crippen LogP contribution in [0.1, 0.15) is 48.0 Å². The van der Waals surface area contributed by atoms with E-state index in [-0.39, 0.29) is 5.91 Å². The highest BCUT2D eigenvalue weighted by Crippen LogP contribution is 2.36. The van der Waals surface area contributed by atoms with Gasteiger partial charge in [-0.25, -0.2) is 5.84 Å². The number of carbonyl (C=O) groups is 1. The van der Waals surface area contributed by atoms with Gasteiger partial charge in [-0.2, -0.15) is 0 Å². The molecule has 0 radical (unpaired) electrons. The van der Waals surface area contributed by atoms with Gasteiger partial charge in [-0.1, -0.05) is 11.6 Å². The lowest BCUT2D eigenvalue weighted by atomic mass is 9.85. The number of halogens is 1. The topological polar surface area (TPSA) is 46.3 Å². The molecule has 1 aliphatic carbocycles. The van der Waals surface area contributed by atoms with Crippen LogP contribution in [0.25, 0.3) is 0 Å². The zero-order valence-electron chi connectivity index (χ0n) is 12.1. The number of carbonyl (C=O) groups excluding carboxylic acids is 1. The largest absolute Gasteiger partial charge is 0.271 e. The first kappa shape index (κ1) is 15.3. The molecule has 0 aromatic rings. The fourth-order valence-electron chi connectivity index (χ4n) is 2.29. The second kappa shape index (κ2) is 4.71. The van der Waals surface area contributed by atoms with E-state index in [2.05, 4.69) is 0 Å². The van der Waals surface area contributed by atoms with E-state index in [9.17, 15) is 4.79 Å². The molecule has 1 aliphatic rings. The minimum atomic E-state index is -0.404. The maximum Gasteiger partial charge on any atom is 0.268 e. The molecule has 1 unspecified atom stereocenters. The third-order valence-corrected chi connectivity index (χ3v) is 3.35. The third-order valence-electron chi connectivity index (χ3n) is 3.10. The summed E-state index contributed by atoms with van der Waals surface area (Å²) >= 11 is 6.33. The van der Waals surface area contributed by atoms with E-state index in [0.717, 1.165) is 11.1 Å². The summed E-state index contributed by atoms with van der Waals surface area (Å²) in [5.74, 6) is 5.77. The lowest BCUT2D eigenvalue weighted by Gasteiger charge is -2.34. The lowest BCUT2D eigenvalue weighted by Crippen LogP contribution is -2.51. The quantitative estimate of drug-likeness (QED) is 0.344. The Morgan fingerprint density at radius 3 is 2.33 bits per heavy atom. The highest BCUT2D eigenvalue weighted by Gasteiger charge is 2.32. The van der Waals surface area contributed by atoms with Crippen LogP contribution in [0.3, 0.4) is 0 Å². The van der Waals surface area contributed by atoms with Crippen molar-refractivity contribution in [1.82, 2.24) is 5.01 Å². The monoisotopic (exact) mass is 270 g/mol. The summed E-state index contributed by atoms with van der Waals surface area (Å²) in [5.41, 5.74) is 2.20. The Kier molecular flexibility index (Phi) is 3.99. The minimum absolute atomic E-state index is 0.138.